The zero-order valence-electron chi connectivity index (χ0n) is 12.4. The lowest BCUT2D eigenvalue weighted by molar-refractivity contribution is 0.0827. The molecule has 0 saturated carbocycles. The van der Waals surface area contributed by atoms with Crippen LogP contribution in [0.5, 0.6) is 11.5 Å². The first-order valence-corrected chi connectivity index (χ1v) is 7.25. The lowest BCUT2D eigenvalue weighted by atomic mass is 10.1. The standard InChI is InChI=1S/C18H19NO2/c1-19(2)18(20)14-9-11-15(12-10-14)21-17-8-4-6-13-5-3-7-16(13)17/h4,6,8-12H,3,5,7H2,1-2H3. The van der Waals surface area contributed by atoms with Gasteiger partial charge in [-0.25, -0.2) is 0 Å². The number of nitrogens with zero attached hydrogens (tertiary/aromatic N) is 1. The third-order valence-electron chi connectivity index (χ3n) is 3.84. The second-order valence-corrected chi connectivity index (χ2v) is 5.57. The molecule has 0 radical (unpaired) electrons. The molecule has 2 aromatic rings. The van der Waals surface area contributed by atoms with Gasteiger partial charge in [0.2, 0.25) is 0 Å². The van der Waals surface area contributed by atoms with Crippen molar-refractivity contribution in [1.82, 2.24) is 4.90 Å². The first-order valence-electron chi connectivity index (χ1n) is 7.25. The zero-order chi connectivity index (χ0) is 14.8. The van der Waals surface area contributed by atoms with Gasteiger partial charge < -0.3 is 9.64 Å². The highest BCUT2D eigenvalue weighted by Gasteiger charge is 2.16. The Bertz CT molecular complexity index is 659. The van der Waals surface area contributed by atoms with Gasteiger partial charge in [0.1, 0.15) is 11.5 Å². The van der Waals surface area contributed by atoms with Gasteiger partial charge in [0.25, 0.3) is 5.91 Å². The Hall–Kier alpha value is -2.29. The number of benzene rings is 2. The van der Waals surface area contributed by atoms with E-state index >= 15 is 0 Å². The molecule has 0 aliphatic heterocycles. The quantitative estimate of drug-likeness (QED) is 0.859. The van der Waals surface area contributed by atoms with Gasteiger partial charge in [-0.05, 0) is 60.7 Å². The van der Waals surface area contributed by atoms with Crippen molar-refractivity contribution in [3.8, 4) is 11.5 Å². The minimum Gasteiger partial charge on any atom is -0.457 e. The second-order valence-electron chi connectivity index (χ2n) is 5.57. The number of ether oxygens (including phenoxy) is 1. The summed E-state index contributed by atoms with van der Waals surface area (Å²) in [6.07, 6.45) is 3.43. The van der Waals surface area contributed by atoms with E-state index in [1.165, 1.54) is 17.5 Å². The van der Waals surface area contributed by atoms with Crippen LogP contribution in [-0.2, 0) is 12.8 Å². The SMILES string of the molecule is CN(C)C(=O)c1ccc(Oc2cccc3c2CCC3)cc1. The fourth-order valence-electron chi connectivity index (χ4n) is 2.73. The van der Waals surface area contributed by atoms with Gasteiger partial charge in [0, 0.05) is 19.7 Å². The van der Waals surface area contributed by atoms with Crippen LogP contribution in [0.2, 0.25) is 0 Å². The van der Waals surface area contributed by atoms with Crippen LogP contribution in [0.4, 0.5) is 0 Å². The minimum absolute atomic E-state index is 0.00199. The number of amides is 1. The van der Waals surface area contributed by atoms with E-state index in [1.54, 1.807) is 31.1 Å². The number of fused-ring (bicyclic) bond motifs is 1. The van der Waals surface area contributed by atoms with Gasteiger partial charge in [-0.3, -0.25) is 4.79 Å². The molecule has 1 aliphatic carbocycles. The maximum atomic E-state index is 11.9. The van der Waals surface area contributed by atoms with Crippen LogP contribution >= 0.6 is 0 Å². The van der Waals surface area contributed by atoms with Crippen molar-refractivity contribution >= 4 is 5.91 Å². The fraction of sp³-hybridized carbons (Fsp3) is 0.278. The highest BCUT2D eigenvalue weighted by molar-refractivity contribution is 5.93. The van der Waals surface area contributed by atoms with Gasteiger partial charge in [0.05, 0.1) is 0 Å². The van der Waals surface area contributed by atoms with Crippen molar-refractivity contribution in [2.45, 2.75) is 19.3 Å². The normalized spacial score (nSPS) is 12.9. The highest BCUT2D eigenvalue weighted by atomic mass is 16.5. The summed E-state index contributed by atoms with van der Waals surface area (Å²) < 4.78 is 5.99. The molecule has 0 heterocycles. The Morgan fingerprint density at radius 2 is 1.81 bits per heavy atom. The maximum Gasteiger partial charge on any atom is 0.253 e. The molecule has 1 amide bonds. The van der Waals surface area contributed by atoms with E-state index in [-0.39, 0.29) is 5.91 Å². The topological polar surface area (TPSA) is 29.5 Å². The molecule has 0 aromatic heterocycles. The van der Waals surface area contributed by atoms with Crippen LogP contribution in [0.1, 0.15) is 27.9 Å². The molecule has 2 aromatic carbocycles. The average molecular weight is 281 g/mol. The molecule has 0 saturated heterocycles. The van der Waals surface area contributed by atoms with Crippen molar-refractivity contribution in [1.29, 1.82) is 0 Å². The van der Waals surface area contributed by atoms with Crippen LogP contribution in [0.15, 0.2) is 42.5 Å². The third kappa shape index (κ3) is 2.77. The first kappa shape index (κ1) is 13.7. The minimum atomic E-state index is 0.00199. The van der Waals surface area contributed by atoms with Crippen molar-refractivity contribution < 1.29 is 9.53 Å². The number of hydrogen-bond donors (Lipinski definition) is 0. The van der Waals surface area contributed by atoms with E-state index in [1.807, 2.05) is 24.3 Å². The molecule has 0 bridgehead atoms. The Morgan fingerprint density at radius 3 is 2.52 bits per heavy atom. The van der Waals surface area contributed by atoms with E-state index in [0.717, 1.165) is 24.3 Å². The Morgan fingerprint density at radius 1 is 1.05 bits per heavy atom. The van der Waals surface area contributed by atoms with Crippen LogP contribution < -0.4 is 4.74 Å². The molecule has 1 aliphatic rings. The average Bonchev–Trinajstić information content (AvgIpc) is 2.97. The van der Waals surface area contributed by atoms with Gasteiger partial charge in [-0.1, -0.05) is 12.1 Å². The summed E-state index contributed by atoms with van der Waals surface area (Å²) in [5.74, 6) is 1.71. The predicted octanol–water partition coefficient (Wildman–Crippen LogP) is 3.67. The predicted molar refractivity (Wildman–Crippen MR) is 83.0 cm³/mol. The number of carbonyl (C=O) groups excluding carboxylic acids is 1. The lowest BCUT2D eigenvalue weighted by Crippen LogP contribution is -2.21. The smallest absolute Gasteiger partial charge is 0.253 e. The molecular weight excluding hydrogens is 262 g/mol. The summed E-state index contributed by atoms with van der Waals surface area (Å²) in [5.41, 5.74) is 3.39. The number of hydrogen-bond acceptors (Lipinski definition) is 2. The van der Waals surface area contributed by atoms with E-state index in [0.29, 0.717) is 5.56 Å². The Labute approximate surface area is 125 Å². The van der Waals surface area contributed by atoms with Crippen molar-refractivity contribution in [3.05, 3.63) is 59.2 Å². The Balaban J connectivity index is 1.80. The molecule has 0 atom stereocenters. The van der Waals surface area contributed by atoms with Crippen LogP contribution in [-0.4, -0.2) is 24.9 Å². The van der Waals surface area contributed by atoms with Crippen molar-refractivity contribution in [2.24, 2.45) is 0 Å². The first-order chi connectivity index (χ1) is 10.1. The molecule has 3 rings (SSSR count). The number of aryl methyl sites for hydroxylation is 1. The molecule has 0 N–H and O–H groups in total. The van der Waals surface area contributed by atoms with Gasteiger partial charge >= 0.3 is 0 Å². The largest absolute Gasteiger partial charge is 0.457 e. The van der Waals surface area contributed by atoms with E-state index in [4.69, 9.17) is 4.74 Å². The van der Waals surface area contributed by atoms with Crippen LogP contribution in [0, 0.1) is 0 Å². The Kier molecular flexibility index (Phi) is 3.65. The summed E-state index contributed by atoms with van der Waals surface area (Å²) >= 11 is 0. The van der Waals surface area contributed by atoms with E-state index < -0.39 is 0 Å². The summed E-state index contributed by atoms with van der Waals surface area (Å²) in [4.78, 5) is 13.4. The zero-order valence-corrected chi connectivity index (χ0v) is 12.4. The molecular formula is C18H19NO2. The molecule has 0 unspecified atom stereocenters. The maximum absolute atomic E-state index is 11.9. The van der Waals surface area contributed by atoms with E-state index in [2.05, 4.69) is 6.07 Å². The van der Waals surface area contributed by atoms with Crippen molar-refractivity contribution in [3.63, 3.8) is 0 Å². The highest BCUT2D eigenvalue weighted by Crippen LogP contribution is 2.33. The summed E-state index contributed by atoms with van der Waals surface area (Å²) in [7, 11) is 3.50. The second kappa shape index (κ2) is 5.60. The number of carbonyl (C=O) groups is 1. The van der Waals surface area contributed by atoms with Gasteiger partial charge in [-0.15, -0.1) is 0 Å². The van der Waals surface area contributed by atoms with Crippen molar-refractivity contribution in [2.75, 3.05) is 14.1 Å². The van der Waals surface area contributed by atoms with Crippen LogP contribution in [0.25, 0.3) is 0 Å². The summed E-state index contributed by atoms with van der Waals surface area (Å²) in [6, 6.07) is 13.6. The number of rotatable bonds is 3. The fourth-order valence-corrected chi connectivity index (χ4v) is 2.73. The lowest BCUT2D eigenvalue weighted by Gasteiger charge is -2.12. The van der Waals surface area contributed by atoms with Gasteiger partial charge in [-0.2, -0.15) is 0 Å². The molecule has 3 nitrogen and oxygen atoms in total. The third-order valence-corrected chi connectivity index (χ3v) is 3.84. The molecule has 0 spiro atoms. The molecule has 3 heteroatoms. The van der Waals surface area contributed by atoms with Gasteiger partial charge in [0.15, 0.2) is 0 Å². The summed E-state index contributed by atoms with van der Waals surface area (Å²) in [5, 5.41) is 0. The molecule has 108 valence electrons. The molecule has 21 heavy (non-hydrogen) atoms. The van der Waals surface area contributed by atoms with Crippen LogP contribution in [0.3, 0.4) is 0 Å². The monoisotopic (exact) mass is 281 g/mol. The molecule has 0 fully saturated rings. The summed E-state index contributed by atoms with van der Waals surface area (Å²) in [6.45, 7) is 0. The van der Waals surface area contributed by atoms with E-state index in [9.17, 15) is 4.79 Å².